The number of aryl methyl sites for hydroxylation is 1. The Balaban J connectivity index is 2.37. The van der Waals surface area contributed by atoms with E-state index in [-0.39, 0.29) is 5.70 Å². The third-order valence-electron chi connectivity index (χ3n) is 2.39. The number of hydrogen-bond donors (Lipinski definition) is 1. The number of benzene rings is 1. The molecule has 0 aliphatic carbocycles. The van der Waals surface area contributed by atoms with E-state index < -0.39 is 5.97 Å². The molecule has 0 aromatic heterocycles. The number of nitrogens with zero attached hydrogens (tertiary/aromatic N) is 3. The highest BCUT2D eigenvalue weighted by atomic mass is 32.2. The molecule has 1 aromatic carbocycles. The summed E-state index contributed by atoms with van der Waals surface area (Å²) in [5.74, 6) is -0.164. The SMILES string of the molecule is [N-]=[N+]=NC(=Cc1ccc2c(c1)CCS2)C(=O)O. The molecule has 0 radical (unpaired) electrons. The normalized spacial score (nSPS) is 14.0. The minimum Gasteiger partial charge on any atom is -0.478 e. The lowest BCUT2D eigenvalue weighted by molar-refractivity contribution is -0.132. The van der Waals surface area contributed by atoms with E-state index in [1.807, 2.05) is 18.2 Å². The fourth-order valence-corrected chi connectivity index (χ4v) is 2.69. The maximum atomic E-state index is 10.8. The van der Waals surface area contributed by atoms with Crippen molar-refractivity contribution in [3.8, 4) is 0 Å². The average Bonchev–Trinajstić information content (AvgIpc) is 2.75. The molecular weight excluding hydrogens is 238 g/mol. The number of fused-ring (bicyclic) bond motifs is 1. The number of thioether (sulfide) groups is 1. The summed E-state index contributed by atoms with van der Waals surface area (Å²) < 4.78 is 0. The molecule has 0 atom stereocenters. The highest BCUT2D eigenvalue weighted by molar-refractivity contribution is 7.99. The average molecular weight is 247 g/mol. The number of hydrogen-bond acceptors (Lipinski definition) is 3. The van der Waals surface area contributed by atoms with Crippen LogP contribution in [0.5, 0.6) is 0 Å². The van der Waals surface area contributed by atoms with Gasteiger partial charge in [0.25, 0.3) is 0 Å². The Bertz CT molecular complexity index is 544. The lowest BCUT2D eigenvalue weighted by atomic mass is 10.1. The fourth-order valence-electron chi connectivity index (χ4n) is 1.64. The monoisotopic (exact) mass is 247 g/mol. The van der Waals surface area contributed by atoms with Gasteiger partial charge in [0.1, 0.15) is 5.70 Å². The molecule has 1 heterocycles. The Morgan fingerprint density at radius 2 is 2.41 bits per heavy atom. The van der Waals surface area contributed by atoms with E-state index in [1.54, 1.807) is 11.8 Å². The van der Waals surface area contributed by atoms with Crippen molar-refractivity contribution in [1.82, 2.24) is 0 Å². The van der Waals surface area contributed by atoms with Crippen LogP contribution in [-0.4, -0.2) is 16.8 Å². The predicted molar refractivity (Wildman–Crippen MR) is 65.6 cm³/mol. The number of azide groups is 1. The molecule has 0 saturated carbocycles. The molecule has 1 aromatic rings. The van der Waals surface area contributed by atoms with Gasteiger partial charge in [-0.25, -0.2) is 4.79 Å². The van der Waals surface area contributed by atoms with Gasteiger partial charge >= 0.3 is 5.97 Å². The highest BCUT2D eigenvalue weighted by Gasteiger charge is 2.11. The number of carbonyl (C=O) groups is 1. The minimum atomic E-state index is -1.22. The van der Waals surface area contributed by atoms with E-state index in [0.29, 0.717) is 0 Å². The van der Waals surface area contributed by atoms with Gasteiger partial charge in [0.05, 0.1) is 0 Å². The van der Waals surface area contributed by atoms with Gasteiger partial charge in [-0.1, -0.05) is 17.2 Å². The second-order valence-corrected chi connectivity index (χ2v) is 4.63. The summed E-state index contributed by atoms with van der Waals surface area (Å²) in [5.41, 5.74) is 9.94. The molecule has 0 amide bonds. The number of rotatable bonds is 3. The van der Waals surface area contributed by atoms with Crippen molar-refractivity contribution in [2.75, 3.05) is 5.75 Å². The molecule has 2 rings (SSSR count). The molecule has 0 unspecified atom stereocenters. The van der Waals surface area contributed by atoms with Crippen molar-refractivity contribution in [1.29, 1.82) is 0 Å². The Labute approximate surface area is 102 Å². The summed E-state index contributed by atoms with van der Waals surface area (Å²) in [7, 11) is 0. The maximum Gasteiger partial charge on any atom is 0.338 e. The molecule has 0 fully saturated rings. The molecule has 5 nitrogen and oxygen atoms in total. The summed E-state index contributed by atoms with van der Waals surface area (Å²) >= 11 is 1.79. The van der Waals surface area contributed by atoms with E-state index in [0.717, 1.165) is 17.7 Å². The van der Waals surface area contributed by atoms with Gasteiger partial charge in [0, 0.05) is 15.6 Å². The topological polar surface area (TPSA) is 86.1 Å². The maximum absolute atomic E-state index is 10.8. The predicted octanol–water partition coefficient (Wildman–Crippen LogP) is 3.07. The first-order valence-electron chi connectivity index (χ1n) is 4.96. The van der Waals surface area contributed by atoms with Crippen LogP contribution in [0.15, 0.2) is 33.9 Å². The quantitative estimate of drug-likeness (QED) is 0.385. The van der Waals surface area contributed by atoms with Crippen LogP contribution in [0.1, 0.15) is 11.1 Å². The van der Waals surface area contributed by atoms with Crippen molar-refractivity contribution in [3.63, 3.8) is 0 Å². The van der Waals surface area contributed by atoms with E-state index in [2.05, 4.69) is 10.0 Å². The van der Waals surface area contributed by atoms with Crippen LogP contribution in [-0.2, 0) is 11.2 Å². The Kier molecular flexibility index (Phi) is 3.37. The molecule has 6 heteroatoms. The van der Waals surface area contributed by atoms with E-state index in [1.165, 1.54) is 16.5 Å². The number of carboxylic acid groups (broad SMARTS) is 1. The van der Waals surface area contributed by atoms with Crippen molar-refractivity contribution in [2.24, 2.45) is 5.11 Å². The van der Waals surface area contributed by atoms with Crippen LogP contribution in [0.3, 0.4) is 0 Å². The van der Waals surface area contributed by atoms with Crippen molar-refractivity contribution in [3.05, 3.63) is 45.5 Å². The second-order valence-electron chi connectivity index (χ2n) is 3.49. The van der Waals surface area contributed by atoms with Crippen LogP contribution in [0.2, 0.25) is 0 Å². The first-order chi connectivity index (χ1) is 8.20. The Morgan fingerprint density at radius 3 is 3.12 bits per heavy atom. The van der Waals surface area contributed by atoms with E-state index >= 15 is 0 Å². The molecule has 86 valence electrons. The third kappa shape index (κ3) is 2.61. The summed E-state index contributed by atoms with van der Waals surface area (Å²) in [6, 6.07) is 5.73. The summed E-state index contributed by atoms with van der Waals surface area (Å²) in [6.07, 6.45) is 2.37. The first-order valence-corrected chi connectivity index (χ1v) is 5.95. The Morgan fingerprint density at radius 1 is 1.59 bits per heavy atom. The van der Waals surface area contributed by atoms with Gasteiger partial charge in [-0.3, -0.25) is 0 Å². The molecule has 0 spiro atoms. The van der Waals surface area contributed by atoms with Gasteiger partial charge in [-0.2, -0.15) is 0 Å². The second kappa shape index (κ2) is 4.95. The lowest BCUT2D eigenvalue weighted by Crippen LogP contribution is -1.96. The molecule has 17 heavy (non-hydrogen) atoms. The highest BCUT2D eigenvalue weighted by Crippen LogP contribution is 2.32. The number of aliphatic carboxylic acids is 1. The van der Waals surface area contributed by atoms with Gasteiger partial charge < -0.3 is 5.11 Å². The summed E-state index contributed by atoms with van der Waals surface area (Å²) in [4.78, 5) is 14.5. The van der Waals surface area contributed by atoms with Crippen molar-refractivity contribution >= 4 is 23.8 Å². The van der Waals surface area contributed by atoms with E-state index in [9.17, 15) is 4.79 Å². The van der Waals surface area contributed by atoms with Crippen LogP contribution in [0, 0.1) is 0 Å². The van der Waals surface area contributed by atoms with Gasteiger partial charge in [0.2, 0.25) is 0 Å². The van der Waals surface area contributed by atoms with Gasteiger partial charge in [0.15, 0.2) is 0 Å². The standard InChI is InChI=1S/C11H9N3O2S/c12-14-13-9(11(15)16)6-7-1-2-10-8(5-7)3-4-17-10/h1-2,5-6H,3-4H2,(H,15,16). The van der Waals surface area contributed by atoms with Gasteiger partial charge in [-0.15, -0.1) is 11.8 Å². The molecule has 1 aliphatic rings. The Hall–Kier alpha value is -1.91. The number of carboxylic acids is 1. The zero-order valence-electron chi connectivity index (χ0n) is 8.83. The fraction of sp³-hybridized carbons (Fsp3) is 0.182. The summed E-state index contributed by atoms with van der Waals surface area (Å²) in [6.45, 7) is 0. The van der Waals surface area contributed by atoms with Crippen LogP contribution < -0.4 is 0 Å². The summed E-state index contributed by atoms with van der Waals surface area (Å²) in [5, 5.41) is 12.0. The molecule has 0 saturated heterocycles. The smallest absolute Gasteiger partial charge is 0.338 e. The molecule has 0 bridgehead atoms. The molecular formula is C11H9N3O2S. The van der Waals surface area contributed by atoms with Crippen molar-refractivity contribution < 1.29 is 9.90 Å². The molecule has 1 N–H and O–H groups in total. The minimum absolute atomic E-state index is 0.293. The van der Waals surface area contributed by atoms with Crippen molar-refractivity contribution in [2.45, 2.75) is 11.3 Å². The lowest BCUT2D eigenvalue weighted by Gasteiger charge is -2.00. The largest absolute Gasteiger partial charge is 0.478 e. The first kappa shape index (κ1) is 11.6. The zero-order valence-corrected chi connectivity index (χ0v) is 9.65. The molecule has 1 aliphatic heterocycles. The van der Waals surface area contributed by atoms with Gasteiger partial charge in [-0.05, 0) is 35.2 Å². The van der Waals surface area contributed by atoms with Crippen LogP contribution in [0.4, 0.5) is 0 Å². The van der Waals surface area contributed by atoms with E-state index in [4.69, 9.17) is 10.6 Å². The third-order valence-corrected chi connectivity index (χ3v) is 3.51. The zero-order chi connectivity index (χ0) is 12.3. The van der Waals surface area contributed by atoms with Crippen LogP contribution in [0.25, 0.3) is 16.5 Å². The van der Waals surface area contributed by atoms with Crippen LogP contribution >= 0.6 is 11.8 Å².